The van der Waals surface area contributed by atoms with E-state index in [9.17, 15) is 4.21 Å². The highest BCUT2D eigenvalue weighted by Gasteiger charge is 2.17. The lowest BCUT2D eigenvalue weighted by Gasteiger charge is -2.12. The van der Waals surface area contributed by atoms with Crippen molar-refractivity contribution >= 4 is 39.8 Å². The van der Waals surface area contributed by atoms with Gasteiger partial charge in [0.2, 0.25) is 0 Å². The lowest BCUT2D eigenvalue weighted by Crippen LogP contribution is -2.19. The maximum Gasteiger partial charge on any atom is 0.144 e. The van der Waals surface area contributed by atoms with Crippen LogP contribution in [0.4, 0.5) is 0 Å². The van der Waals surface area contributed by atoms with E-state index in [4.69, 9.17) is 0 Å². The van der Waals surface area contributed by atoms with Gasteiger partial charge in [-0.25, -0.2) is 4.21 Å². The van der Waals surface area contributed by atoms with Crippen LogP contribution in [0.2, 0.25) is 0 Å². The number of hydrogen-bond donors (Lipinski definition) is 0. The summed E-state index contributed by atoms with van der Waals surface area (Å²) in [6, 6.07) is 7.93. The SMILES string of the molecule is CC(C)(C)[S@](=O)N=Cc1ccc(I)cc1. The maximum atomic E-state index is 11.6. The van der Waals surface area contributed by atoms with Crippen molar-refractivity contribution in [3.63, 3.8) is 0 Å². The van der Waals surface area contributed by atoms with Gasteiger partial charge >= 0.3 is 0 Å². The Hall–Kier alpha value is -0.230. The molecule has 0 aromatic heterocycles. The Bertz CT molecular complexity index is 379. The van der Waals surface area contributed by atoms with Crippen LogP contribution in [0, 0.1) is 3.57 Å². The molecule has 82 valence electrons. The van der Waals surface area contributed by atoms with Gasteiger partial charge in [0.25, 0.3) is 0 Å². The predicted octanol–water partition coefficient (Wildman–Crippen LogP) is 3.17. The third-order valence-corrected chi connectivity index (χ3v) is 3.76. The Kier molecular flexibility index (Phi) is 4.45. The Balaban J connectivity index is 2.74. The molecule has 0 radical (unpaired) electrons. The molecule has 0 saturated carbocycles. The van der Waals surface area contributed by atoms with Gasteiger partial charge in [-0.05, 0) is 61.1 Å². The van der Waals surface area contributed by atoms with E-state index >= 15 is 0 Å². The average Bonchev–Trinajstić information content (AvgIpc) is 2.15. The molecular weight excluding hydrogens is 321 g/mol. The molecule has 0 aliphatic rings. The Labute approximate surface area is 107 Å². The normalized spacial score (nSPS) is 14.4. The minimum Gasteiger partial charge on any atom is -0.234 e. The molecule has 0 bridgehead atoms. The summed E-state index contributed by atoms with van der Waals surface area (Å²) in [4.78, 5) is 0. The van der Waals surface area contributed by atoms with Gasteiger partial charge in [-0.2, -0.15) is 4.40 Å². The highest BCUT2D eigenvalue weighted by atomic mass is 127. The summed E-state index contributed by atoms with van der Waals surface area (Å²) in [7, 11) is -1.18. The van der Waals surface area contributed by atoms with Crippen LogP contribution in [-0.4, -0.2) is 15.2 Å². The highest BCUT2D eigenvalue weighted by Crippen LogP contribution is 2.12. The Morgan fingerprint density at radius 1 is 1.27 bits per heavy atom. The van der Waals surface area contributed by atoms with Crippen LogP contribution in [0.15, 0.2) is 28.7 Å². The molecule has 0 aliphatic heterocycles. The molecule has 0 spiro atoms. The minimum absolute atomic E-state index is 0.292. The summed E-state index contributed by atoms with van der Waals surface area (Å²) < 4.78 is 16.5. The van der Waals surface area contributed by atoms with E-state index < -0.39 is 11.0 Å². The van der Waals surface area contributed by atoms with Gasteiger partial charge in [-0.15, -0.1) is 0 Å². The molecule has 1 aromatic carbocycles. The van der Waals surface area contributed by atoms with E-state index in [0.717, 1.165) is 5.56 Å². The average molecular weight is 335 g/mol. The molecule has 0 unspecified atom stereocenters. The van der Waals surface area contributed by atoms with Gasteiger partial charge < -0.3 is 0 Å². The zero-order valence-electron chi connectivity index (χ0n) is 9.03. The summed E-state index contributed by atoms with van der Waals surface area (Å²) >= 11 is 2.25. The summed E-state index contributed by atoms with van der Waals surface area (Å²) in [5.74, 6) is 0. The second-order valence-corrected chi connectivity index (χ2v) is 7.33. The van der Waals surface area contributed by atoms with Gasteiger partial charge in [-0.1, -0.05) is 12.1 Å². The van der Waals surface area contributed by atoms with Crippen molar-refractivity contribution in [3.05, 3.63) is 33.4 Å². The highest BCUT2D eigenvalue weighted by molar-refractivity contribution is 14.1. The smallest absolute Gasteiger partial charge is 0.144 e. The largest absolute Gasteiger partial charge is 0.234 e. The molecule has 1 atom stereocenters. The zero-order chi connectivity index (χ0) is 11.5. The van der Waals surface area contributed by atoms with Gasteiger partial charge in [0.15, 0.2) is 0 Å². The molecule has 0 aliphatic carbocycles. The first-order valence-corrected chi connectivity index (χ1v) is 6.80. The Morgan fingerprint density at radius 2 is 1.80 bits per heavy atom. The minimum atomic E-state index is -1.18. The molecule has 15 heavy (non-hydrogen) atoms. The lowest BCUT2D eigenvalue weighted by molar-refractivity contribution is 0.651. The fourth-order valence-corrected chi connectivity index (χ4v) is 1.71. The van der Waals surface area contributed by atoms with Crippen molar-refractivity contribution < 1.29 is 4.21 Å². The van der Waals surface area contributed by atoms with Crippen molar-refractivity contribution in [2.45, 2.75) is 25.5 Å². The molecule has 0 heterocycles. The molecule has 0 N–H and O–H groups in total. The number of benzene rings is 1. The van der Waals surface area contributed by atoms with Crippen molar-refractivity contribution in [3.8, 4) is 0 Å². The molecule has 4 heteroatoms. The lowest BCUT2D eigenvalue weighted by atomic mass is 10.2. The number of rotatable bonds is 2. The topological polar surface area (TPSA) is 29.4 Å². The maximum absolute atomic E-state index is 11.6. The second kappa shape index (κ2) is 5.21. The molecule has 0 saturated heterocycles. The second-order valence-electron chi connectivity index (χ2n) is 4.15. The number of halogens is 1. The molecule has 2 nitrogen and oxygen atoms in total. The van der Waals surface area contributed by atoms with Crippen LogP contribution in [-0.2, 0) is 11.0 Å². The fourth-order valence-electron chi connectivity index (χ4n) is 0.816. The van der Waals surface area contributed by atoms with E-state index in [2.05, 4.69) is 27.0 Å². The van der Waals surface area contributed by atoms with E-state index in [1.165, 1.54) is 3.57 Å². The summed E-state index contributed by atoms with van der Waals surface area (Å²) in [6.07, 6.45) is 1.66. The Morgan fingerprint density at radius 3 is 2.27 bits per heavy atom. The van der Waals surface area contributed by atoms with Gasteiger partial charge in [0, 0.05) is 9.78 Å². The van der Waals surface area contributed by atoms with Crippen LogP contribution in [0.3, 0.4) is 0 Å². The first-order chi connectivity index (χ1) is 6.89. The van der Waals surface area contributed by atoms with Crippen molar-refractivity contribution in [1.29, 1.82) is 0 Å². The summed E-state index contributed by atoms with van der Waals surface area (Å²) in [6.45, 7) is 5.73. The predicted molar refractivity (Wildman–Crippen MR) is 74.6 cm³/mol. The van der Waals surface area contributed by atoms with E-state index in [-0.39, 0.29) is 4.75 Å². The molecule has 0 fully saturated rings. The van der Waals surface area contributed by atoms with Crippen LogP contribution in [0.5, 0.6) is 0 Å². The van der Waals surface area contributed by atoms with Crippen molar-refractivity contribution in [2.24, 2.45) is 4.40 Å². The van der Waals surface area contributed by atoms with Gasteiger partial charge in [0.1, 0.15) is 11.0 Å². The zero-order valence-corrected chi connectivity index (χ0v) is 12.0. The fraction of sp³-hybridized carbons (Fsp3) is 0.364. The van der Waals surface area contributed by atoms with Crippen molar-refractivity contribution in [2.75, 3.05) is 0 Å². The molecule has 0 amide bonds. The van der Waals surface area contributed by atoms with Crippen LogP contribution < -0.4 is 0 Å². The number of hydrogen-bond acceptors (Lipinski definition) is 1. The van der Waals surface area contributed by atoms with E-state index in [1.807, 2.05) is 45.0 Å². The first kappa shape index (κ1) is 12.8. The van der Waals surface area contributed by atoms with E-state index in [0.29, 0.717) is 0 Å². The standard InChI is InChI=1S/C11H14INOS/c1-11(2,3)15(14)13-8-9-4-6-10(12)7-5-9/h4-8H,1-3H3/t15-/m0/s1. The summed E-state index contributed by atoms with van der Waals surface area (Å²) in [5.41, 5.74) is 0.980. The first-order valence-electron chi connectivity index (χ1n) is 4.61. The summed E-state index contributed by atoms with van der Waals surface area (Å²) in [5, 5.41) is 0. The van der Waals surface area contributed by atoms with Crippen LogP contribution in [0.1, 0.15) is 26.3 Å². The number of nitrogens with zero attached hydrogens (tertiary/aromatic N) is 1. The monoisotopic (exact) mass is 335 g/mol. The van der Waals surface area contributed by atoms with E-state index in [1.54, 1.807) is 6.21 Å². The molecule has 1 aromatic rings. The van der Waals surface area contributed by atoms with Crippen molar-refractivity contribution in [1.82, 2.24) is 0 Å². The van der Waals surface area contributed by atoms with Crippen LogP contribution >= 0.6 is 22.6 Å². The third-order valence-electron chi connectivity index (χ3n) is 1.69. The third kappa shape index (κ3) is 4.42. The van der Waals surface area contributed by atoms with Gasteiger partial charge in [0.05, 0.1) is 4.75 Å². The molecule has 1 rings (SSSR count). The molecular formula is C11H14INOS. The van der Waals surface area contributed by atoms with Gasteiger partial charge in [-0.3, -0.25) is 0 Å². The van der Waals surface area contributed by atoms with Crippen LogP contribution in [0.25, 0.3) is 0 Å². The quantitative estimate of drug-likeness (QED) is 0.603.